The van der Waals surface area contributed by atoms with Crippen LogP contribution in [-0.2, 0) is 9.53 Å². The Kier molecular flexibility index (Phi) is 6.90. The van der Waals surface area contributed by atoms with Crippen molar-refractivity contribution in [3.8, 4) is 11.5 Å². The zero-order chi connectivity index (χ0) is 18.0. The molecule has 1 fully saturated rings. The highest BCUT2D eigenvalue weighted by Gasteiger charge is 2.16. The summed E-state index contributed by atoms with van der Waals surface area (Å²) >= 11 is 0. The SMILES string of the molecule is O=C(CCCOc1ccccc1)Nc1cccc(OCC2CCCO2)c1. The number of nitrogens with one attached hydrogen (secondary N) is 1. The van der Waals surface area contributed by atoms with Gasteiger partial charge in [0.1, 0.15) is 18.1 Å². The first-order chi connectivity index (χ1) is 12.8. The average molecular weight is 355 g/mol. The second-order valence-corrected chi connectivity index (χ2v) is 6.29. The van der Waals surface area contributed by atoms with Crippen LogP contribution in [0, 0.1) is 0 Å². The van der Waals surface area contributed by atoms with E-state index in [1.165, 1.54) is 0 Å². The Balaban J connectivity index is 1.37. The van der Waals surface area contributed by atoms with Crippen molar-refractivity contribution < 1.29 is 19.0 Å². The Labute approximate surface area is 154 Å². The van der Waals surface area contributed by atoms with E-state index in [2.05, 4.69) is 5.32 Å². The monoisotopic (exact) mass is 355 g/mol. The molecule has 1 amide bonds. The topological polar surface area (TPSA) is 56.8 Å². The molecular weight excluding hydrogens is 330 g/mol. The molecule has 2 aromatic rings. The summed E-state index contributed by atoms with van der Waals surface area (Å²) in [5.41, 5.74) is 0.740. The summed E-state index contributed by atoms with van der Waals surface area (Å²) < 4.78 is 16.9. The van der Waals surface area contributed by atoms with E-state index < -0.39 is 0 Å². The van der Waals surface area contributed by atoms with Gasteiger partial charge in [-0.05, 0) is 43.5 Å². The number of benzene rings is 2. The van der Waals surface area contributed by atoms with Crippen molar-refractivity contribution in [2.45, 2.75) is 31.8 Å². The molecule has 0 aliphatic carbocycles. The van der Waals surface area contributed by atoms with Crippen LogP contribution in [0.1, 0.15) is 25.7 Å². The van der Waals surface area contributed by atoms with Crippen molar-refractivity contribution in [3.63, 3.8) is 0 Å². The molecule has 1 aliphatic rings. The van der Waals surface area contributed by atoms with E-state index >= 15 is 0 Å². The number of hydrogen-bond donors (Lipinski definition) is 1. The molecule has 5 heteroatoms. The predicted octanol–water partition coefficient (Wildman–Crippen LogP) is 4.04. The average Bonchev–Trinajstić information content (AvgIpc) is 3.18. The van der Waals surface area contributed by atoms with Gasteiger partial charge in [0.2, 0.25) is 5.91 Å². The zero-order valence-corrected chi connectivity index (χ0v) is 14.9. The van der Waals surface area contributed by atoms with Gasteiger partial charge < -0.3 is 19.5 Å². The number of rotatable bonds is 9. The van der Waals surface area contributed by atoms with E-state index in [1.54, 1.807) is 0 Å². The molecule has 1 unspecified atom stereocenters. The van der Waals surface area contributed by atoms with Gasteiger partial charge in [0.25, 0.3) is 0 Å². The van der Waals surface area contributed by atoms with Crippen LogP contribution in [0.3, 0.4) is 0 Å². The number of carbonyl (C=O) groups is 1. The molecule has 1 aliphatic heterocycles. The van der Waals surface area contributed by atoms with Crippen molar-refractivity contribution in [2.75, 3.05) is 25.1 Å². The minimum absolute atomic E-state index is 0.0297. The molecule has 2 aromatic carbocycles. The van der Waals surface area contributed by atoms with Crippen molar-refractivity contribution >= 4 is 11.6 Å². The van der Waals surface area contributed by atoms with Gasteiger partial charge in [-0.2, -0.15) is 0 Å². The fraction of sp³-hybridized carbons (Fsp3) is 0.381. The minimum atomic E-state index is -0.0297. The normalized spacial score (nSPS) is 16.2. The molecule has 26 heavy (non-hydrogen) atoms. The lowest BCUT2D eigenvalue weighted by Gasteiger charge is -2.12. The first kappa shape index (κ1) is 18.3. The fourth-order valence-corrected chi connectivity index (χ4v) is 2.79. The Bertz CT molecular complexity index is 683. The van der Waals surface area contributed by atoms with Gasteiger partial charge in [-0.15, -0.1) is 0 Å². The maximum Gasteiger partial charge on any atom is 0.224 e. The van der Waals surface area contributed by atoms with Gasteiger partial charge in [0, 0.05) is 24.8 Å². The van der Waals surface area contributed by atoms with Crippen molar-refractivity contribution in [1.29, 1.82) is 0 Å². The smallest absolute Gasteiger partial charge is 0.224 e. The number of anilines is 1. The molecule has 3 rings (SSSR count). The van der Waals surface area contributed by atoms with E-state index in [9.17, 15) is 4.79 Å². The molecule has 0 saturated carbocycles. The van der Waals surface area contributed by atoms with Crippen LogP contribution in [0.25, 0.3) is 0 Å². The first-order valence-corrected chi connectivity index (χ1v) is 9.12. The highest BCUT2D eigenvalue weighted by molar-refractivity contribution is 5.90. The molecule has 1 saturated heterocycles. The second-order valence-electron chi connectivity index (χ2n) is 6.29. The first-order valence-electron chi connectivity index (χ1n) is 9.12. The summed E-state index contributed by atoms with van der Waals surface area (Å²) in [7, 11) is 0. The Hall–Kier alpha value is -2.53. The lowest BCUT2D eigenvalue weighted by atomic mass is 10.2. The van der Waals surface area contributed by atoms with Crippen LogP contribution in [0.15, 0.2) is 54.6 Å². The van der Waals surface area contributed by atoms with Crippen LogP contribution >= 0.6 is 0 Å². The maximum atomic E-state index is 12.1. The Morgan fingerprint density at radius 1 is 1.08 bits per heavy atom. The lowest BCUT2D eigenvalue weighted by molar-refractivity contribution is -0.116. The van der Waals surface area contributed by atoms with Crippen molar-refractivity contribution in [3.05, 3.63) is 54.6 Å². The van der Waals surface area contributed by atoms with E-state index in [0.29, 0.717) is 26.1 Å². The van der Waals surface area contributed by atoms with Crippen molar-refractivity contribution in [1.82, 2.24) is 0 Å². The highest BCUT2D eigenvalue weighted by Crippen LogP contribution is 2.20. The van der Waals surface area contributed by atoms with Crippen molar-refractivity contribution in [2.24, 2.45) is 0 Å². The maximum absolute atomic E-state index is 12.1. The van der Waals surface area contributed by atoms with Gasteiger partial charge in [-0.25, -0.2) is 0 Å². The third-order valence-electron chi connectivity index (χ3n) is 4.14. The van der Waals surface area contributed by atoms with Gasteiger partial charge >= 0.3 is 0 Å². The standard InChI is InChI=1S/C21H25NO4/c23-21(12-6-14-24-18-8-2-1-3-9-18)22-17-7-4-10-19(15-17)26-16-20-11-5-13-25-20/h1-4,7-10,15,20H,5-6,11-14,16H2,(H,22,23). The van der Waals surface area contributed by atoms with Gasteiger partial charge in [-0.1, -0.05) is 24.3 Å². The van der Waals surface area contributed by atoms with E-state index in [4.69, 9.17) is 14.2 Å². The number of carbonyl (C=O) groups excluding carboxylic acids is 1. The molecule has 138 valence electrons. The lowest BCUT2D eigenvalue weighted by Crippen LogP contribution is -2.16. The number of para-hydroxylation sites is 1. The highest BCUT2D eigenvalue weighted by atomic mass is 16.5. The number of ether oxygens (including phenoxy) is 3. The predicted molar refractivity (Wildman–Crippen MR) is 101 cm³/mol. The minimum Gasteiger partial charge on any atom is -0.494 e. The van der Waals surface area contributed by atoms with Gasteiger partial charge in [0.15, 0.2) is 0 Å². The largest absolute Gasteiger partial charge is 0.494 e. The van der Waals surface area contributed by atoms with E-state index in [0.717, 1.165) is 36.6 Å². The molecule has 1 atom stereocenters. The van der Waals surface area contributed by atoms with Crippen LogP contribution in [0.2, 0.25) is 0 Å². The van der Waals surface area contributed by atoms with Gasteiger partial charge in [-0.3, -0.25) is 4.79 Å². The second kappa shape index (κ2) is 9.82. The van der Waals surface area contributed by atoms with Crippen LogP contribution < -0.4 is 14.8 Å². The summed E-state index contributed by atoms with van der Waals surface area (Å²) in [6.07, 6.45) is 3.39. The summed E-state index contributed by atoms with van der Waals surface area (Å²) in [6.45, 7) is 1.88. The molecule has 1 heterocycles. The van der Waals surface area contributed by atoms with Crippen LogP contribution in [0.4, 0.5) is 5.69 Å². The zero-order valence-electron chi connectivity index (χ0n) is 14.9. The quantitative estimate of drug-likeness (QED) is 0.690. The Morgan fingerprint density at radius 3 is 2.73 bits per heavy atom. The van der Waals surface area contributed by atoms with E-state index in [-0.39, 0.29) is 12.0 Å². The molecule has 0 aromatic heterocycles. The molecule has 0 bridgehead atoms. The number of hydrogen-bond acceptors (Lipinski definition) is 4. The van der Waals surface area contributed by atoms with Crippen LogP contribution in [0.5, 0.6) is 11.5 Å². The third kappa shape index (κ3) is 6.08. The summed E-state index contributed by atoms with van der Waals surface area (Å²) in [5, 5.41) is 2.90. The molecule has 5 nitrogen and oxygen atoms in total. The summed E-state index contributed by atoms with van der Waals surface area (Å²) in [6, 6.07) is 17.1. The summed E-state index contributed by atoms with van der Waals surface area (Å²) in [5.74, 6) is 1.53. The van der Waals surface area contributed by atoms with Crippen LogP contribution in [-0.4, -0.2) is 31.8 Å². The summed E-state index contributed by atoms with van der Waals surface area (Å²) in [4.78, 5) is 12.1. The molecule has 1 N–H and O–H groups in total. The van der Waals surface area contributed by atoms with E-state index in [1.807, 2.05) is 54.6 Å². The fourth-order valence-electron chi connectivity index (χ4n) is 2.79. The number of amides is 1. The van der Waals surface area contributed by atoms with Gasteiger partial charge in [0.05, 0.1) is 12.7 Å². The Morgan fingerprint density at radius 2 is 1.92 bits per heavy atom. The molecule has 0 radical (unpaired) electrons. The third-order valence-corrected chi connectivity index (χ3v) is 4.14. The molecule has 0 spiro atoms. The molecular formula is C21H25NO4.